The molecule has 0 aliphatic carbocycles. The van der Waals surface area contributed by atoms with Crippen molar-refractivity contribution in [3.05, 3.63) is 47.1 Å². The first-order valence-corrected chi connectivity index (χ1v) is 5.66. The third kappa shape index (κ3) is 2.87. The Morgan fingerprint density at radius 2 is 2.22 bits per heavy atom. The van der Waals surface area contributed by atoms with Gasteiger partial charge in [-0.3, -0.25) is 0 Å². The summed E-state index contributed by atoms with van der Waals surface area (Å²) < 4.78 is 24.0. The van der Waals surface area contributed by atoms with Crippen LogP contribution in [0.15, 0.2) is 28.8 Å². The Labute approximate surface area is 105 Å². The normalized spacial score (nSPS) is 12.4. The van der Waals surface area contributed by atoms with Crippen LogP contribution in [0.4, 0.5) is 4.39 Å². The second-order valence-corrected chi connectivity index (χ2v) is 4.19. The molecule has 1 aromatic carbocycles. The molecule has 0 fully saturated rings. The van der Waals surface area contributed by atoms with Crippen molar-refractivity contribution >= 4 is 0 Å². The van der Waals surface area contributed by atoms with Crippen molar-refractivity contribution in [3.8, 4) is 5.75 Å². The smallest absolute Gasteiger partial charge is 0.134 e. The minimum absolute atomic E-state index is 0.244. The van der Waals surface area contributed by atoms with E-state index in [1.165, 1.54) is 6.07 Å². The fourth-order valence-electron chi connectivity index (χ4n) is 1.61. The number of ether oxygens (including phenoxy) is 1. The van der Waals surface area contributed by atoms with E-state index in [1.54, 1.807) is 32.0 Å². The SMILES string of the molecule is Cc1cc(COc2ccc(C(C)N)c(F)c2)no1. The number of rotatable bonds is 4. The largest absolute Gasteiger partial charge is 0.487 e. The Hall–Kier alpha value is -1.88. The molecule has 5 heteroatoms. The average Bonchev–Trinajstić information content (AvgIpc) is 2.72. The minimum atomic E-state index is -0.362. The molecule has 0 amide bonds. The molecule has 1 unspecified atom stereocenters. The summed E-state index contributed by atoms with van der Waals surface area (Å²) in [5.41, 5.74) is 6.77. The first-order valence-electron chi connectivity index (χ1n) is 5.66. The molecule has 0 saturated carbocycles. The second-order valence-electron chi connectivity index (χ2n) is 4.19. The topological polar surface area (TPSA) is 61.3 Å². The summed E-state index contributed by atoms with van der Waals surface area (Å²) in [6, 6.07) is 6.08. The van der Waals surface area contributed by atoms with Crippen LogP contribution in [-0.2, 0) is 6.61 Å². The Kier molecular flexibility index (Phi) is 3.62. The molecule has 1 heterocycles. The van der Waals surface area contributed by atoms with Gasteiger partial charge in [0.15, 0.2) is 0 Å². The highest BCUT2D eigenvalue weighted by molar-refractivity contribution is 5.30. The average molecular weight is 250 g/mol. The number of nitrogens with zero attached hydrogens (tertiary/aromatic N) is 1. The van der Waals surface area contributed by atoms with Gasteiger partial charge in [0, 0.05) is 23.7 Å². The molecule has 96 valence electrons. The number of nitrogens with two attached hydrogens (primary N) is 1. The number of hydrogen-bond acceptors (Lipinski definition) is 4. The fourth-order valence-corrected chi connectivity index (χ4v) is 1.61. The van der Waals surface area contributed by atoms with Crippen LogP contribution in [0, 0.1) is 12.7 Å². The first-order chi connectivity index (χ1) is 8.56. The maximum absolute atomic E-state index is 13.6. The van der Waals surface area contributed by atoms with E-state index >= 15 is 0 Å². The molecule has 1 atom stereocenters. The van der Waals surface area contributed by atoms with Crippen LogP contribution in [0.25, 0.3) is 0 Å². The lowest BCUT2D eigenvalue weighted by molar-refractivity contribution is 0.286. The van der Waals surface area contributed by atoms with Gasteiger partial charge in [-0.25, -0.2) is 4.39 Å². The highest BCUT2D eigenvalue weighted by Gasteiger charge is 2.08. The number of halogens is 1. The zero-order chi connectivity index (χ0) is 13.1. The van der Waals surface area contributed by atoms with Crippen LogP contribution in [0.3, 0.4) is 0 Å². The lowest BCUT2D eigenvalue weighted by atomic mass is 10.1. The Morgan fingerprint density at radius 3 is 2.78 bits per heavy atom. The van der Waals surface area contributed by atoms with Gasteiger partial charge in [0.05, 0.1) is 0 Å². The summed E-state index contributed by atoms with van der Waals surface area (Å²) in [4.78, 5) is 0. The van der Waals surface area contributed by atoms with E-state index < -0.39 is 0 Å². The molecule has 0 aliphatic rings. The molecule has 4 nitrogen and oxygen atoms in total. The molecule has 0 bridgehead atoms. The monoisotopic (exact) mass is 250 g/mol. The minimum Gasteiger partial charge on any atom is -0.487 e. The quantitative estimate of drug-likeness (QED) is 0.906. The number of hydrogen-bond donors (Lipinski definition) is 1. The second kappa shape index (κ2) is 5.18. The van der Waals surface area contributed by atoms with Crippen molar-refractivity contribution in [1.82, 2.24) is 5.16 Å². The molecule has 0 spiro atoms. The van der Waals surface area contributed by atoms with Gasteiger partial charge in [-0.1, -0.05) is 11.2 Å². The third-order valence-corrected chi connectivity index (χ3v) is 2.53. The zero-order valence-electron chi connectivity index (χ0n) is 10.3. The lowest BCUT2D eigenvalue weighted by Gasteiger charge is -2.09. The van der Waals surface area contributed by atoms with Gasteiger partial charge in [0.2, 0.25) is 0 Å². The van der Waals surface area contributed by atoms with E-state index in [1.807, 2.05) is 0 Å². The highest BCUT2D eigenvalue weighted by atomic mass is 19.1. The summed E-state index contributed by atoms with van der Waals surface area (Å²) in [5, 5.41) is 3.79. The van der Waals surface area contributed by atoms with Gasteiger partial charge in [-0.05, 0) is 19.9 Å². The van der Waals surface area contributed by atoms with Crippen molar-refractivity contribution in [1.29, 1.82) is 0 Å². The van der Waals surface area contributed by atoms with Crippen LogP contribution in [0.2, 0.25) is 0 Å². The number of aromatic nitrogens is 1. The van der Waals surface area contributed by atoms with Gasteiger partial charge in [0.25, 0.3) is 0 Å². The van der Waals surface area contributed by atoms with Crippen molar-refractivity contribution in [2.75, 3.05) is 0 Å². The van der Waals surface area contributed by atoms with Crippen LogP contribution in [0.5, 0.6) is 5.75 Å². The third-order valence-electron chi connectivity index (χ3n) is 2.53. The molecule has 0 saturated heterocycles. The number of benzene rings is 1. The zero-order valence-corrected chi connectivity index (χ0v) is 10.3. The van der Waals surface area contributed by atoms with E-state index in [9.17, 15) is 4.39 Å². The first kappa shape index (κ1) is 12.6. The van der Waals surface area contributed by atoms with E-state index in [-0.39, 0.29) is 18.5 Å². The molecule has 2 aromatic rings. The van der Waals surface area contributed by atoms with Crippen LogP contribution >= 0.6 is 0 Å². The van der Waals surface area contributed by atoms with Crippen molar-refractivity contribution < 1.29 is 13.7 Å². The van der Waals surface area contributed by atoms with E-state index in [0.717, 1.165) is 0 Å². The molecule has 1 aromatic heterocycles. The molecule has 2 rings (SSSR count). The van der Waals surface area contributed by atoms with Crippen molar-refractivity contribution in [2.24, 2.45) is 5.73 Å². The summed E-state index contributed by atoms with van der Waals surface area (Å²) in [6.45, 7) is 3.78. The predicted molar refractivity (Wildman–Crippen MR) is 64.6 cm³/mol. The number of aryl methyl sites for hydroxylation is 1. The van der Waals surface area contributed by atoms with Crippen LogP contribution in [-0.4, -0.2) is 5.16 Å². The Balaban J connectivity index is 2.04. The van der Waals surface area contributed by atoms with Crippen molar-refractivity contribution in [2.45, 2.75) is 26.5 Å². The van der Waals surface area contributed by atoms with E-state index in [2.05, 4.69) is 5.16 Å². The van der Waals surface area contributed by atoms with Gasteiger partial charge in [-0.2, -0.15) is 0 Å². The highest BCUT2D eigenvalue weighted by Crippen LogP contribution is 2.21. The predicted octanol–water partition coefficient (Wildman–Crippen LogP) is 2.72. The molecule has 18 heavy (non-hydrogen) atoms. The van der Waals surface area contributed by atoms with Gasteiger partial charge in [0.1, 0.15) is 29.6 Å². The lowest BCUT2D eigenvalue weighted by Crippen LogP contribution is -2.07. The van der Waals surface area contributed by atoms with Crippen LogP contribution < -0.4 is 10.5 Å². The summed E-state index contributed by atoms with van der Waals surface area (Å²) in [7, 11) is 0. The van der Waals surface area contributed by atoms with Crippen LogP contribution in [0.1, 0.15) is 30.0 Å². The van der Waals surface area contributed by atoms with Gasteiger partial charge >= 0.3 is 0 Å². The standard InChI is InChI=1S/C13H15FN2O2/c1-8-5-10(16-18-8)7-17-11-3-4-12(9(2)15)13(14)6-11/h3-6,9H,7,15H2,1-2H3. The summed E-state index contributed by atoms with van der Waals surface area (Å²) in [6.07, 6.45) is 0. The summed E-state index contributed by atoms with van der Waals surface area (Å²) in [5.74, 6) is 0.795. The maximum Gasteiger partial charge on any atom is 0.134 e. The summed E-state index contributed by atoms with van der Waals surface area (Å²) >= 11 is 0. The Morgan fingerprint density at radius 1 is 1.44 bits per heavy atom. The molecule has 0 radical (unpaired) electrons. The molecular weight excluding hydrogens is 235 g/mol. The fraction of sp³-hybridized carbons (Fsp3) is 0.308. The van der Waals surface area contributed by atoms with Gasteiger partial charge in [-0.15, -0.1) is 0 Å². The van der Waals surface area contributed by atoms with Crippen molar-refractivity contribution in [3.63, 3.8) is 0 Å². The molecular formula is C13H15FN2O2. The van der Waals surface area contributed by atoms with Gasteiger partial charge < -0.3 is 15.0 Å². The Bertz CT molecular complexity index is 538. The van der Waals surface area contributed by atoms with E-state index in [4.69, 9.17) is 15.0 Å². The van der Waals surface area contributed by atoms with E-state index in [0.29, 0.717) is 22.8 Å². The molecule has 0 aliphatic heterocycles. The molecule has 2 N–H and O–H groups in total. The maximum atomic E-state index is 13.6.